The fraction of sp³-hybridized carbons (Fsp3) is 0.429. The van der Waals surface area contributed by atoms with Crippen LogP contribution in [0.3, 0.4) is 0 Å². The van der Waals surface area contributed by atoms with Crippen LogP contribution in [0.25, 0.3) is 0 Å². The summed E-state index contributed by atoms with van der Waals surface area (Å²) in [5.41, 5.74) is 0.340. The van der Waals surface area contributed by atoms with E-state index in [1.165, 1.54) is 0 Å². The van der Waals surface area contributed by atoms with Crippen LogP contribution in [0.15, 0.2) is 24.3 Å². The van der Waals surface area contributed by atoms with Gasteiger partial charge in [-0.25, -0.2) is 8.78 Å². The maximum atomic E-state index is 13.0. The highest BCUT2D eigenvalue weighted by Crippen LogP contribution is 2.24. The van der Waals surface area contributed by atoms with E-state index in [9.17, 15) is 18.4 Å². The Balaban J connectivity index is 0.00000264. The van der Waals surface area contributed by atoms with Crippen molar-refractivity contribution in [3.8, 4) is 0 Å². The molecule has 2 rings (SSSR count). The average Bonchev–Trinajstić information content (AvgIpc) is 2.84. The maximum Gasteiger partial charge on any atom is 0.262 e. The van der Waals surface area contributed by atoms with Gasteiger partial charge in [0.1, 0.15) is 0 Å². The molecule has 0 aromatic heterocycles. The fourth-order valence-electron chi connectivity index (χ4n) is 2.13. The first-order valence-electron chi connectivity index (χ1n) is 6.81. The zero-order chi connectivity index (χ0) is 16.2. The molecule has 0 aliphatic carbocycles. The van der Waals surface area contributed by atoms with E-state index < -0.39 is 30.8 Å². The summed E-state index contributed by atoms with van der Waals surface area (Å²) in [6, 6.07) is 5.69. The van der Waals surface area contributed by atoms with Crippen molar-refractivity contribution < 1.29 is 18.4 Å². The summed E-state index contributed by atoms with van der Waals surface area (Å²) in [6.07, 6.45) is -0.509. The normalized spacial score (nSPS) is 18.8. The zero-order valence-electron chi connectivity index (χ0n) is 12.1. The van der Waals surface area contributed by atoms with Gasteiger partial charge in [-0.3, -0.25) is 14.9 Å². The molecule has 2 amide bonds. The molecule has 0 spiro atoms. The first kappa shape index (κ1) is 19.6. The van der Waals surface area contributed by atoms with E-state index in [0.29, 0.717) is 10.6 Å². The molecule has 1 fully saturated rings. The van der Waals surface area contributed by atoms with E-state index in [1.54, 1.807) is 24.3 Å². The van der Waals surface area contributed by atoms with Gasteiger partial charge in [0.15, 0.2) is 0 Å². The van der Waals surface area contributed by atoms with Crippen LogP contribution < -0.4 is 16.0 Å². The van der Waals surface area contributed by atoms with Crippen LogP contribution in [0.2, 0.25) is 5.02 Å². The molecule has 9 heteroatoms. The number of hydrogen-bond acceptors (Lipinski definition) is 3. The van der Waals surface area contributed by atoms with Gasteiger partial charge < -0.3 is 10.6 Å². The molecule has 1 aliphatic heterocycles. The van der Waals surface area contributed by atoms with Crippen molar-refractivity contribution in [2.24, 2.45) is 0 Å². The quantitative estimate of drug-likeness (QED) is 0.692. The molecule has 3 N–H and O–H groups in total. The van der Waals surface area contributed by atoms with E-state index >= 15 is 0 Å². The second-order valence-corrected chi connectivity index (χ2v) is 5.43. The molecule has 1 atom stereocenters. The van der Waals surface area contributed by atoms with Crippen molar-refractivity contribution in [1.82, 2.24) is 16.0 Å². The Kier molecular flexibility index (Phi) is 7.18. The second-order valence-electron chi connectivity index (χ2n) is 5.02. The van der Waals surface area contributed by atoms with Gasteiger partial charge in [-0.05, 0) is 12.1 Å². The lowest BCUT2D eigenvalue weighted by molar-refractivity contribution is -0.123. The first-order chi connectivity index (χ1) is 10.4. The molecule has 1 aromatic carbocycles. The van der Waals surface area contributed by atoms with Crippen LogP contribution in [0, 0.1) is 0 Å². The molecule has 128 valence electrons. The van der Waals surface area contributed by atoms with Gasteiger partial charge in [0.05, 0.1) is 23.2 Å². The highest BCUT2D eigenvalue weighted by molar-refractivity contribution is 6.33. The molecule has 1 heterocycles. The topological polar surface area (TPSA) is 70.2 Å². The van der Waals surface area contributed by atoms with Gasteiger partial charge in [-0.1, -0.05) is 23.7 Å². The van der Waals surface area contributed by atoms with Crippen LogP contribution in [0.4, 0.5) is 8.78 Å². The number of amides is 2. The SMILES string of the molecule is Cl.O=C(NCCNC(=O)C1CC(F)(F)CN1)c1ccccc1Cl. The summed E-state index contributed by atoms with van der Waals surface area (Å²) in [5, 5.41) is 7.89. The van der Waals surface area contributed by atoms with Gasteiger partial charge in [0.25, 0.3) is 11.8 Å². The van der Waals surface area contributed by atoms with E-state index in [1.807, 2.05) is 0 Å². The lowest BCUT2D eigenvalue weighted by atomic mass is 10.2. The Morgan fingerprint density at radius 1 is 1.26 bits per heavy atom. The predicted octanol–water partition coefficient (Wildman–Crippen LogP) is 1.60. The molecule has 1 saturated heterocycles. The molecule has 5 nitrogen and oxygen atoms in total. The van der Waals surface area contributed by atoms with Crippen molar-refractivity contribution in [3.63, 3.8) is 0 Å². The lowest BCUT2D eigenvalue weighted by Crippen LogP contribution is -2.43. The minimum atomic E-state index is -2.85. The van der Waals surface area contributed by atoms with Crippen molar-refractivity contribution in [2.75, 3.05) is 19.6 Å². The minimum Gasteiger partial charge on any atom is -0.353 e. The zero-order valence-corrected chi connectivity index (χ0v) is 13.6. The standard InChI is InChI=1S/C14H16ClF2N3O2.ClH/c15-10-4-2-1-3-9(10)12(21)18-5-6-19-13(22)11-7-14(16,17)8-20-11;/h1-4,11,20H,5-8H2,(H,18,21)(H,19,22);1H. The van der Waals surface area contributed by atoms with Crippen LogP contribution in [0.5, 0.6) is 0 Å². The van der Waals surface area contributed by atoms with Crippen LogP contribution in [-0.2, 0) is 4.79 Å². The monoisotopic (exact) mass is 367 g/mol. The van der Waals surface area contributed by atoms with E-state index in [2.05, 4.69) is 16.0 Å². The van der Waals surface area contributed by atoms with Gasteiger partial charge >= 0.3 is 0 Å². The number of nitrogens with one attached hydrogen (secondary N) is 3. The van der Waals surface area contributed by atoms with Crippen LogP contribution >= 0.6 is 24.0 Å². The van der Waals surface area contributed by atoms with Crippen LogP contribution in [0.1, 0.15) is 16.8 Å². The molecular formula is C14H17Cl2F2N3O2. The number of rotatable bonds is 5. The number of carbonyl (C=O) groups excluding carboxylic acids is 2. The van der Waals surface area contributed by atoms with Crippen molar-refractivity contribution in [2.45, 2.75) is 18.4 Å². The van der Waals surface area contributed by atoms with E-state index in [4.69, 9.17) is 11.6 Å². The maximum absolute atomic E-state index is 13.0. The lowest BCUT2D eigenvalue weighted by Gasteiger charge is -2.12. The predicted molar refractivity (Wildman–Crippen MR) is 85.4 cm³/mol. The Morgan fingerprint density at radius 2 is 1.91 bits per heavy atom. The summed E-state index contributed by atoms with van der Waals surface area (Å²) in [6.45, 7) is -0.161. The van der Waals surface area contributed by atoms with Gasteiger partial charge in [-0.15, -0.1) is 12.4 Å². The molecule has 23 heavy (non-hydrogen) atoms. The number of benzene rings is 1. The number of carbonyl (C=O) groups is 2. The molecule has 0 bridgehead atoms. The number of alkyl halides is 2. The number of hydrogen-bond donors (Lipinski definition) is 3. The first-order valence-corrected chi connectivity index (χ1v) is 7.18. The molecular weight excluding hydrogens is 351 g/mol. The Bertz CT molecular complexity index is 573. The third kappa shape index (κ3) is 5.60. The van der Waals surface area contributed by atoms with E-state index in [0.717, 1.165) is 0 Å². The fourth-order valence-corrected chi connectivity index (χ4v) is 2.35. The molecule has 0 saturated carbocycles. The largest absolute Gasteiger partial charge is 0.353 e. The smallest absolute Gasteiger partial charge is 0.262 e. The Morgan fingerprint density at radius 3 is 2.52 bits per heavy atom. The van der Waals surface area contributed by atoms with Gasteiger partial charge in [0.2, 0.25) is 5.91 Å². The summed E-state index contributed by atoms with van der Waals surface area (Å²) in [4.78, 5) is 23.5. The second kappa shape index (κ2) is 8.42. The van der Waals surface area contributed by atoms with Crippen molar-refractivity contribution in [1.29, 1.82) is 0 Å². The average molecular weight is 368 g/mol. The van der Waals surface area contributed by atoms with Gasteiger partial charge in [0, 0.05) is 19.5 Å². The summed E-state index contributed by atoms with van der Waals surface area (Å²) in [7, 11) is 0. The Hall–Kier alpha value is -1.44. The minimum absolute atomic E-state index is 0. The highest BCUT2D eigenvalue weighted by atomic mass is 35.5. The van der Waals surface area contributed by atoms with Crippen LogP contribution in [-0.4, -0.2) is 43.4 Å². The summed E-state index contributed by atoms with van der Waals surface area (Å²) >= 11 is 5.89. The third-order valence-electron chi connectivity index (χ3n) is 3.25. The van der Waals surface area contributed by atoms with E-state index in [-0.39, 0.29) is 31.4 Å². The molecule has 1 aliphatic rings. The molecule has 0 radical (unpaired) electrons. The number of halogens is 4. The Labute approximate surface area is 143 Å². The third-order valence-corrected chi connectivity index (χ3v) is 3.58. The summed E-state index contributed by atoms with van der Waals surface area (Å²) < 4.78 is 25.9. The van der Waals surface area contributed by atoms with Crippen molar-refractivity contribution in [3.05, 3.63) is 34.9 Å². The van der Waals surface area contributed by atoms with Crippen molar-refractivity contribution >= 4 is 35.8 Å². The summed E-state index contributed by atoms with van der Waals surface area (Å²) in [5.74, 6) is -3.70. The van der Waals surface area contributed by atoms with Gasteiger partial charge in [-0.2, -0.15) is 0 Å². The molecule has 1 aromatic rings. The highest BCUT2D eigenvalue weighted by Gasteiger charge is 2.42. The molecule has 1 unspecified atom stereocenters.